The summed E-state index contributed by atoms with van der Waals surface area (Å²) in [6.07, 6.45) is 6.85. The number of aliphatic imine (C=N–C) groups is 1. The normalized spacial score (nSPS) is 11.8. The van der Waals surface area contributed by atoms with Crippen molar-refractivity contribution in [2.75, 3.05) is 20.1 Å². The maximum absolute atomic E-state index is 13.2. The van der Waals surface area contributed by atoms with Gasteiger partial charge in [-0.2, -0.15) is 0 Å². The van der Waals surface area contributed by atoms with Crippen LogP contribution in [0.1, 0.15) is 5.56 Å². The van der Waals surface area contributed by atoms with Gasteiger partial charge in [0.2, 0.25) is 0 Å². The average Bonchev–Trinajstić information content (AvgIpc) is 3.23. The Hall–Kier alpha value is -2.76. The van der Waals surface area contributed by atoms with Gasteiger partial charge in [0, 0.05) is 56.2 Å². The first-order valence-electron chi connectivity index (χ1n) is 8.07. The molecule has 0 saturated carbocycles. The van der Waals surface area contributed by atoms with E-state index in [0.717, 1.165) is 42.9 Å². The summed E-state index contributed by atoms with van der Waals surface area (Å²) in [6.45, 7) is 2.45. The molecule has 0 saturated heterocycles. The highest BCUT2D eigenvalue weighted by Crippen LogP contribution is 2.19. The van der Waals surface area contributed by atoms with Crippen LogP contribution in [0.2, 0.25) is 0 Å². The quantitative estimate of drug-likeness (QED) is 0.481. The summed E-state index contributed by atoms with van der Waals surface area (Å²) in [7, 11) is 1.76. The van der Waals surface area contributed by atoms with E-state index in [1.807, 2.05) is 36.8 Å². The molecule has 3 N–H and O–H groups in total. The van der Waals surface area contributed by atoms with Gasteiger partial charge in [0.1, 0.15) is 5.82 Å². The summed E-state index contributed by atoms with van der Waals surface area (Å²) in [5.74, 6) is 0.564. The largest absolute Gasteiger partial charge is 0.361 e. The molecule has 0 spiro atoms. The monoisotopic (exact) mass is 327 g/mol. The van der Waals surface area contributed by atoms with Crippen LogP contribution in [0.3, 0.4) is 0 Å². The first kappa shape index (κ1) is 16.1. The van der Waals surface area contributed by atoms with E-state index < -0.39 is 0 Å². The zero-order valence-corrected chi connectivity index (χ0v) is 13.7. The molecule has 0 atom stereocenters. The van der Waals surface area contributed by atoms with Crippen molar-refractivity contribution < 1.29 is 4.39 Å². The molecule has 0 fully saturated rings. The number of fused-ring (bicyclic) bond motifs is 1. The molecule has 2 aromatic heterocycles. The van der Waals surface area contributed by atoms with Gasteiger partial charge >= 0.3 is 0 Å². The van der Waals surface area contributed by atoms with Crippen molar-refractivity contribution in [2.24, 2.45) is 4.99 Å². The Labute approximate surface area is 140 Å². The van der Waals surface area contributed by atoms with Crippen molar-refractivity contribution in [3.8, 4) is 0 Å². The molecular formula is C18H22FN5. The molecule has 0 amide bonds. The average molecular weight is 327 g/mol. The van der Waals surface area contributed by atoms with E-state index >= 15 is 0 Å². The topological polar surface area (TPSA) is 57.1 Å². The van der Waals surface area contributed by atoms with Gasteiger partial charge in [-0.25, -0.2) is 4.39 Å². The van der Waals surface area contributed by atoms with Crippen LogP contribution in [0, 0.1) is 5.82 Å². The van der Waals surface area contributed by atoms with Crippen LogP contribution in [-0.2, 0) is 13.0 Å². The van der Waals surface area contributed by atoms with Gasteiger partial charge in [-0.1, -0.05) is 0 Å². The maximum atomic E-state index is 13.2. The molecule has 126 valence electrons. The lowest BCUT2D eigenvalue weighted by Gasteiger charge is -2.12. The fourth-order valence-corrected chi connectivity index (χ4v) is 2.72. The SMILES string of the molecule is CN=C(NCCc1c[nH]c2cc(F)ccc12)NCCn1cccc1. The third-order valence-corrected chi connectivity index (χ3v) is 3.97. The van der Waals surface area contributed by atoms with E-state index in [0.29, 0.717) is 0 Å². The summed E-state index contributed by atoms with van der Waals surface area (Å²) >= 11 is 0. The maximum Gasteiger partial charge on any atom is 0.191 e. The zero-order valence-electron chi connectivity index (χ0n) is 13.7. The summed E-state index contributed by atoms with van der Waals surface area (Å²) < 4.78 is 15.3. The minimum Gasteiger partial charge on any atom is -0.361 e. The first-order valence-corrected chi connectivity index (χ1v) is 8.07. The van der Waals surface area contributed by atoms with Crippen molar-refractivity contribution in [3.05, 3.63) is 60.3 Å². The highest BCUT2D eigenvalue weighted by molar-refractivity contribution is 5.83. The van der Waals surface area contributed by atoms with E-state index in [4.69, 9.17) is 0 Å². The Morgan fingerprint density at radius 3 is 2.79 bits per heavy atom. The molecule has 24 heavy (non-hydrogen) atoms. The molecule has 3 aromatic rings. The van der Waals surface area contributed by atoms with Crippen molar-refractivity contribution in [1.29, 1.82) is 0 Å². The van der Waals surface area contributed by atoms with E-state index in [2.05, 4.69) is 25.2 Å². The van der Waals surface area contributed by atoms with E-state index in [1.165, 1.54) is 17.7 Å². The van der Waals surface area contributed by atoms with Gasteiger partial charge in [0.05, 0.1) is 0 Å². The minimum atomic E-state index is -0.221. The minimum absolute atomic E-state index is 0.221. The number of hydrogen-bond acceptors (Lipinski definition) is 1. The van der Waals surface area contributed by atoms with Crippen molar-refractivity contribution in [2.45, 2.75) is 13.0 Å². The molecule has 0 aliphatic heterocycles. The first-order chi connectivity index (χ1) is 11.8. The summed E-state index contributed by atoms with van der Waals surface area (Å²) in [5.41, 5.74) is 2.00. The lowest BCUT2D eigenvalue weighted by Crippen LogP contribution is -2.39. The van der Waals surface area contributed by atoms with Crippen LogP contribution < -0.4 is 10.6 Å². The van der Waals surface area contributed by atoms with Crippen LogP contribution in [0.25, 0.3) is 10.9 Å². The number of H-pyrrole nitrogens is 1. The predicted molar refractivity (Wildman–Crippen MR) is 95.8 cm³/mol. The second kappa shape index (κ2) is 7.68. The molecule has 0 aliphatic carbocycles. The second-order valence-electron chi connectivity index (χ2n) is 5.60. The van der Waals surface area contributed by atoms with Gasteiger partial charge in [-0.15, -0.1) is 0 Å². The van der Waals surface area contributed by atoms with Crippen LogP contribution in [0.15, 0.2) is 53.9 Å². The third kappa shape index (κ3) is 3.95. The Balaban J connectivity index is 1.47. The number of nitrogens with zero attached hydrogens (tertiary/aromatic N) is 2. The lowest BCUT2D eigenvalue weighted by molar-refractivity contribution is 0.629. The van der Waals surface area contributed by atoms with E-state index in [9.17, 15) is 4.39 Å². The number of hydrogen-bond donors (Lipinski definition) is 3. The fourth-order valence-electron chi connectivity index (χ4n) is 2.72. The molecule has 2 heterocycles. The molecule has 0 radical (unpaired) electrons. The van der Waals surface area contributed by atoms with Gasteiger partial charge in [0.15, 0.2) is 5.96 Å². The van der Waals surface area contributed by atoms with Crippen LogP contribution in [0.4, 0.5) is 4.39 Å². The molecular weight excluding hydrogens is 305 g/mol. The summed E-state index contributed by atoms with van der Waals surface area (Å²) in [5, 5.41) is 7.66. The summed E-state index contributed by atoms with van der Waals surface area (Å²) in [4.78, 5) is 7.34. The number of rotatable bonds is 6. The fraction of sp³-hybridized carbons (Fsp3) is 0.278. The number of halogens is 1. The number of aromatic nitrogens is 2. The lowest BCUT2D eigenvalue weighted by atomic mass is 10.1. The zero-order chi connectivity index (χ0) is 16.8. The molecule has 0 aliphatic rings. The molecule has 1 aromatic carbocycles. The van der Waals surface area contributed by atoms with E-state index in [-0.39, 0.29) is 5.82 Å². The van der Waals surface area contributed by atoms with Crippen molar-refractivity contribution in [1.82, 2.24) is 20.2 Å². The van der Waals surface area contributed by atoms with Gasteiger partial charge in [-0.05, 0) is 42.3 Å². The van der Waals surface area contributed by atoms with Gasteiger partial charge in [0.25, 0.3) is 0 Å². The molecule has 0 bridgehead atoms. The Bertz CT molecular complexity index is 804. The molecule has 3 rings (SSSR count). The summed E-state index contributed by atoms with van der Waals surface area (Å²) in [6, 6.07) is 8.86. The van der Waals surface area contributed by atoms with Crippen LogP contribution in [0.5, 0.6) is 0 Å². The molecule has 5 nitrogen and oxygen atoms in total. The highest BCUT2D eigenvalue weighted by Gasteiger charge is 2.05. The predicted octanol–water partition coefficient (Wildman–Crippen LogP) is 2.52. The molecule has 6 heteroatoms. The molecule has 0 unspecified atom stereocenters. The van der Waals surface area contributed by atoms with Crippen LogP contribution >= 0.6 is 0 Å². The Morgan fingerprint density at radius 2 is 2.00 bits per heavy atom. The second-order valence-corrected chi connectivity index (χ2v) is 5.60. The Kier molecular flexibility index (Phi) is 5.15. The van der Waals surface area contributed by atoms with Crippen LogP contribution in [-0.4, -0.2) is 35.6 Å². The van der Waals surface area contributed by atoms with E-state index in [1.54, 1.807) is 7.05 Å². The number of nitrogens with one attached hydrogen (secondary N) is 3. The standard InChI is InChI=1S/C18H22FN5/c1-20-18(22-8-11-24-9-2-3-10-24)21-7-6-14-13-23-17-12-15(19)4-5-16(14)17/h2-5,9-10,12-13,23H,6-8,11H2,1H3,(H2,20,21,22). The highest BCUT2D eigenvalue weighted by atomic mass is 19.1. The Morgan fingerprint density at radius 1 is 1.21 bits per heavy atom. The smallest absolute Gasteiger partial charge is 0.191 e. The van der Waals surface area contributed by atoms with Crippen molar-refractivity contribution >= 4 is 16.9 Å². The van der Waals surface area contributed by atoms with Gasteiger partial charge < -0.3 is 20.2 Å². The number of benzene rings is 1. The van der Waals surface area contributed by atoms with Gasteiger partial charge in [-0.3, -0.25) is 4.99 Å². The van der Waals surface area contributed by atoms with Crippen molar-refractivity contribution in [3.63, 3.8) is 0 Å². The number of aromatic amines is 1. The third-order valence-electron chi connectivity index (χ3n) is 3.97. The number of guanidine groups is 1.